The summed E-state index contributed by atoms with van der Waals surface area (Å²) in [6, 6.07) is 5.07. The monoisotopic (exact) mass is 273 g/mol. The average molecular weight is 274 g/mol. The fourth-order valence-corrected chi connectivity index (χ4v) is 2.01. The van der Waals surface area contributed by atoms with E-state index in [1.165, 1.54) is 0 Å². The molecule has 0 amide bonds. The van der Waals surface area contributed by atoms with Crippen LogP contribution >= 0.6 is 12.4 Å². The van der Waals surface area contributed by atoms with Gasteiger partial charge >= 0.3 is 0 Å². The lowest BCUT2D eigenvalue weighted by Gasteiger charge is -2.21. The van der Waals surface area contributed by atoms with Gasteiger partial charge in [0.1, 0.15) is 11.5 Å². The molecule has 3 N–H and O–H groups in total. The van der Waals surface area contributed by atoms with E-state index in [9.17, 15) is 5.11 Å². The summed E-state index contributed by atoms with van der Waals surface area (Å²) in [5.41, 5.74) is 6.90. The zero-order valence-corrected chi connectivity index (χ0v) is 11.4. The van der Waals surface area contributed by atoms with Crippen LogP contribution < -0.4 is 15.2 Å². The summed E-state index contributed by atoms with van der Waals surface area (Å²) in [6.45, 7) is 0. The molecule has 0 unspecified atom stereocenters. The van der Waals surface area contributed by atoms with Gasteiger partial charge in [-0.2, -0.15) is 0 Å². The summed E-state index contributed by atoms with van der Waals surface area (Å²) >= 11 is 0. The minimum Gasteiger partial charge on any atom is -0.497 e. The predicted octanol–water partition coefficient (Wildman–Crippen LogP) is 1.90. The Bertz CT molecular complexity index is 396. The first-order chi connectivity index (χ1) is 8.17. The minimum atomic E-state index is -0.489. The molecule has 0 aromatic heterocycles. The summed E-state index contributed by atoms with van der Waals surface area (Å²) in [5.74, 6) is 1.73. The maximum atomic E-state index is 10.0. The Morgan fingerprint density at radius 2 is 1.94 bits per heavy atom. The molecule has 1 aliphatic rings. The van der Waals surface area contributed by atoms with Crippen molar-refractivity contribution < 1.29 is 14.6 Å². The standard InChI is InChI=1S/C13H19NO3.ClH/c1-16-9-5-6-10(11(7-9)17-2)12(14)13(15)8-3-4-8;/h5-8,12-13,15H,3-4,14H2,1-2H3;1H/t12-,13+;/m0./s1. The van der Waals surface area contributed by atoms with Crippen molar-refractivity contribution in [1.82, 2.24) is 0 Å². The SMILES string of the molecule is COc1ccc([C@H](N)[C@H](O)C2CC2)c(OC)c1.Cl. The highest BCUT2D eigenvalue weighted by molar-refractivity contribution is 5.85. The Kier molecular flexibility index (Phi) is 5.26. The average Bonchev–Trinajstić information content (AvgIpc) is 3.20. The molecule has 2 atom stereocenters. The van der Waals surface area contributed by atoms with Gasteiger partial charge in [-0.3, -0.25) is 0 Å². The van der Waals surface area contributed by atoms with Crippen molar-refractivity contribution in [2.24, 2.45) is 11.7 Å². The molecular formula is C13H20ClNO3. The molecule has 0 bridgehead atoms. The van der Waals surface area contributed by atoms with Crippen molar-refractivity contribution in [3.05, 3.63) is 23.8 Å². The first-order valence-electron chi connectivity index (χ1n) is 5.83. The molecule has 1 aliphatic carbocycles. The van der Waals surface area contributed by atoms with E-state index < -0.39 is 12.1 Å². The largest absolute Gasteiger partial charge is 0.497 e. The van der Waals surface area contributed by atoms with Crippen LogP contribution in [0.4, 0.5) is 0 Å². The molecule has 0 spiro atoms. The zero-order chi connectivity index (χ0) is 12.4. The molecule has 5 heteroatoms. The van der Waals surface area contributed by atoms with Crippen molar-refractivity contribution in [3.8, 4) is 11.5 Å². The molecule has 0 radical (unpaired) electrons. The van der Waals surface area contributed by atoms with Crippen molar-refractivity contribution in [2.75, 3.05) is 14.2 Å². The van der Waals surface area contributed by atoms with Crippen LogP contribution in [0.1, 0.15) is 24.4 Å². The fraction of sp³-hybridized carbons (Fsp3) is 0.538. The third-order valence-electron chi connectivity index (χ3n) is 3.27. The van der Waals surface area contributed by atoms with Gasteiger partial charge in [-0.1, -0.05) is 0 Å². The molecular weight excluding hydrogens is 254 g/mol. The highest BCUT2D eigenvalue weighted by atomic mass is 35.5. The van der Waals surface area contributed by atoms with Crippen LogP contribution in [0.2, 0.25) is 0 Å². The van der Waals surface area contributed by atoms with E-state index in [1.807, 2.05) is 12.1 Å². The molecule has 0 aliphatic heterocycles. The topological polar surface area (TPSA) is 64.7 Å². The highest BCUT2D eigenvalue weighted by Gasteiger charge is 2.35. The number of nitrogens with two attached hydrogens (primary N) is 1. The molecule has 102 valence electrons. The van der Waals surface area contributed by atoms with Crippen molar-refractivity contribution >= 4 is 12.4 Å². The number of ether oxygens (including phenoxy) is 2. The second-order valence-electron chi connectivity index (χ2n) is 4.46. The molecule has 1 fully saturated rings. The van der Waals surface area contributed by atoms with Crippen LogP contribution in [-0.2, 0) is 0 Å². The maximum absolute atomic E-state index is 10.0. The van der Waals surface area contributed by atoms with Crippen molar-refractivity contribution in [2.45, 2.75) is 25.0 Å². The number of aliphatic hydroxyl groups is 1. The van der Waals surface area contributed by atoms with E-state index in [2.05, 4.69) is 0 Å². The quantitative estimate of drug-likeness (QED) is 0.860. The van der Waals surface area contributed by atoms with Gasteiger partial charge in [-0.15, -0.1) is 12.4 Å². The molecule has 0 saturated heterocycles. The summed E-state index contributed by atoms with van der Waals surface area (Å²) in [6.07, 6.45) is 1.64. The second kappa shape index (κ2) is 6.27. The Morgan fingerprint density at radius 1 is 1.28 bits per heavy atom. The van der Waals surface area contributed by atoms with Crippen molar-refractivity contribution in [1.29, 1.82) is 0 Å². The number of rotatable bonds is 5. The van der Waals surface area contributed by atoms with Gasteiger partial charge in [0.15, 0.2) is 0 Å². The second-order valence-corrected chi connectivity index (χ2v) is 4.46. The molecule has 4 nitrogen and oxygen atoms in total. The molecule has 0 heterocycles. The fourth-order valence-electron chi connectivity index (χ4n) is 2.01. The van der Waals surface area contributed by atoms with E-state index in [0.717, 1.165) is 24.2 Å². The molecule has 1 aromatic rings. The van der Waals surface area contributed by atoms with Crippen molar-refractivity contribution in [3.63, 3.8) is 0 Å². The Balaban J connectivity index is 0.00000162. The van der Waals surface area contributed by atoms with Gasteiger partial charge < -0.3 is 20.3 Å². The van der Waals surface area contributed by atoms with Crippen LogP contribution in [0.5, 0.6) is 11.5 Å². The molecule has 1 aromatic carbocycles. The van der Waals surface area contributed by atoms with Crippen LogP contribution in [0.15, 0.2) is 18.2 Å². The number of aliphatic hydroxyl groups excluding tert-OH is 1. The lowest BCUT2D eigenvalue weighted by Crippen LogP contribution is -2.28. The lowest BCUT2D eigenvalue weighted by molar-refractivity contribution is 0.121. The van der Waals surface area contributed by atoms with Gasteiger partial charge in [-0.05, 0) is 30.9 Å². The summed E-state index contributed by atoms with van der Waals surface area (Å²) < 4.78 is 10.4. The normalized spacial score (nSPS) is 17.6. The third kappa shape index (κ3) is 3.07. The van der Waals surface area contributed by atoms with Gasteiger partial charge in [0.25, 0.3) is 0 Å². The predicted molar refractivity (Wildman–Crippen MR) is 72.5 cm³/mol. The smallest absolute Gasteiger partial charge is 0.127 e. The molecule has 2 rings (SSSR count). The summed E-state index contributed by atoms with van der Waals surface area (Å²) in [7, 11) is 3.20. The Morgan fingerprint density at radius 3 is 2.44 bits per heavy atom. The third-order valence-corrected chi connectivity index (χ3v) is 3.27. The Hall–Kier alpha value is -0.970. The summed E-state index contributed by atoms with van der Waals surface area (Å²) in [5, 5.41) is 10.0. The van der Waals surface area contributed by atoms with E-state index in [1.54, 1.807) is 20.3 Å². The number of benzene rings is 1. The molecule has 1 saturated carbocycles. The first-order valence-corrected chi connectivity index (χ1v) is 5.83. The van der Waals surface area contributed by atoms with E-state index >= 15 is 0 Å². The minimum absolute atomic E-state index is 0. The van der Waals surface area contributed by atoms with Crippen LogP contribution in [0, 0.1) is 5.92 Å². The summed E-state index contributed by atoms with van der Waals surface area (Å²) in [4.78, 5) is 0. The number of halogens is 1. The zero-order valence-electron chi connectivity index (χ0n) is 10.6. The van der Waals surface area contributed by atoms with Crippen LogP contribution in [0.25, 0.3) is 0 Å². The highest BCUT2D eigenvalue weighted by Crippen LogP contribution is 2.39. The van der Waals surface area contributed by atoms with Crippen LogP contribution in [-0.4, -0.2) is 25.4 Å². The van der Waals surface area contributed by atoms with Gasteiger partial charge in [-0.25, -0.2) is 0 Å². The van der Waals surface area contributed by atoms with E-state index in [0.29, 0.717) is 11.7 Å². The van der Waals surface area contributed by atoms with E-state index in [-0.39, 0.29) is 12.4 Å². The van der Waals surface area contributed by atoms with Crippen LogP contribution in [0.3, 0.4) is 0 Å². The number of hydrogen-bond acceptors (Lipinski definition) is 4. The molecule has 18 heavy (non-hydrogen) atoms. The van der Waals surface area contributed by atoms with Gasteiger partial charge in [0, 0.05) is 11.6 Å². The Labute approximate surface area is 113 Å². The maximum Gasteiger partial charge on any atom is 0.127 e. The van der Waals surface area contributed by atoms with Gasteiger partial charge in [0.2, 0.25) is 0 Å². The van der Waals surface area contributed by atoms with E-state index in [4.69, 9.17) is 15.2 Å². The lowest BCUT2D eigenvalue weighted by atomic mass is 9.98. The first kappa shape index (κ1) is 15.1. The number of hydrogen-bond donors (Lipinski definition) is 2. The van der Waals surface area contributed by atoms with Gasteiger partial charge in [0.05, 0.1) is 26.4 Å². The number of methoxy groups -OCH3 is 2.